The first kappa shape index (κ1) is 23.8. The zero-order chi connectivity index (χ0) is 25.1. The number of nitrogens with zero attached hydrogens (tertiary/aromatic N) is 3. The van der Waals surface area contributed by atoms with Gasteiger partial charge in [0, 0.05) is 42.7 Å². The number of rotatable bonds is 6. The van der Waals surface area contributed by atoms with Crippen LogP contribution in [0.15, 0.2) is 77.8 Å². The monoisotopic (exact) mass is 480 g/mol. The molecule has 0 unspecified atom stereocenters. The molecule has 0 atom stereocenters. The van der Waals surface area contributed by atoms with E-state index in [1.807, 2.05) is 54.6 Å². The second-order valence-electron chi connectivity index (χ2n) is 9.64. The molecular weight excluding hydrogens is 448 g/mol. The van der Waals surface area contributed by atoms with Crippen LogP contribution in [0.4, 0.5) is 5.69 Å². The van der Waals surface area contributed by atoms with E-state index in [1.54, 1.807) is 25.1 Å². The van der Waals surface area contributed by atoms with Crippen LogP contribution in [-0.4, -0.2) is 58.7 Å². The van der Waals surface area contributed by atoms with E-state index in [4.69, 9.17) is 4.99 Å². The molecule has 1 saturated heterocycles. The smallest absolute Gasteiger partial charge is 0.253 e. The Morgan fingerprint density at radius 3 is 2.36 bits per heavy atom. The fraction of sp³-hybridized carbons (Fsp3) is 0.267. The number of amides is 1. The number of carbonyl (C=O) groups is 1. The summed E-state index contributed by atoms with van der Waals surface area (Å²) in [5.41, 5.74) is 5.51. The molecule has 6 nitrogen and oxygen atoms in total. The maximum Gasteiger partial charge on any atom is 0.253 e. The largest absolute Gasteiger partial charge is 0.494 e. The maximum atomic E-state index is 12.6. The Bertz CT molecular complexity index is 1380. The summed E-state index contributed by atoms with van der Waals surface area (Å²) in [7, 11) is 3.46. The highest BCUT2D eigenvalue weighted by Crippen LogP contribution is 2.32. The summed E-state index contributed by atoms with van der Waals surface area (Å²) in [6.07, 6.45) is 3.88. The van der Waals surface area contributed by atoms with E-state index in [2.05, 4.69) is 22.0 Å². The standard InChI is InChI=1S/C30H32N4O2/c1-33(2)30(36)23-13-16-26-25(19-23)27(29(35)32-26)28(22-9-5-3-6-10-22)31-24-14-11-21(12-15-24)20-34-17-7-4-8-18-34/h3,5-6,9-16,19,32,35H,4,7-8,17-18,20H2,1-2H3. The van der Waals surface area contributed by atoms with E-state index >= 15 is 0 Å². The molecule has 0 bridgehead atoms. The molecular formula is C30H32N4O2. The number of hydrogen-bond donors (Lipinski definition) is 2. The minimum atomic E-state index is -0.0916. The first-order valence-electron chi connectivity index (χ1n) is 12.5. The maximum absolute atomic E-state index is 12.6. The third kappa shape index (κ3) is 5.04. The summed E-state index contributed by atoms with van der Waals surface area (Å²) in [5.74, 6) is -0.0604. The van der Waals surface area contributed by atoms with Gasteiger partial charge >= 0.3 is 0 Å². The summed E-state index contributed by atoms with van der Waals surface area (Å²) in [6.45, 7) is 3.29. The van der Waals surface area contributed by atoms with E-state index < -0.39 is 0 Å². The third-order valence-electron chi connectivity index (χ3n) is 6.75. The molecule has 0 saturated carbocycles. The van der Waals surface area contributed by atoms with Crippen molar-refractivity contribution in [2.45, 2.75) is 25.8 Å². The number of carbonyl (C=O) groups excluding carboxylic acids is 1. The average molecular weight is 481 g/mol. The summed E-state index contributed by atoms with van der Waals surface area (Å²) in [4.78, 5) is 24.8. The van der Waals surface area contributed by atoms with Crippen molar-refractivity contribution in [3.63, 3.8) is 0 Å². The molecule has 1 amide bonds. The number of aliphatic imine (C=N–C) groups is 1. The topological polar surface area (TPSA) is 71.9 Å². The predicted octanol–water partition coefficient (Wildman–Crippen LogP) is 5.73. The molecule has 1 fully saturated rings. The van der Waals surface area contributed by atoms with Gasteiger partial charge in [0.2, 0.25) is 0 Å². The molecule has 6 heteroatoms. The lowest BCUT2D eigenvalue weighted by atomic mass is 9.99. The van der Waals surface area contributed by atoms with E-state index in [-0.39, 0.29) is 11.8 Å². The highest BCUT2D eigenvalue weighted by atomic mass is 16.3. The van der Waals surface area contributed by atoms with Crippen LogP contribution in [0.25, 0.3) is 10.9 Å². The quantitative estimate of drug-likeness (QED) is 0.346. The van der Waals surface area contributed by atoms with Gasteiger partial charge in [-0.3, -0.25) is 9.69 Å². The minimum Gasteiger partial charge on any atom is -0.494 e. The van der Waals surface area contributed by atoms with Crippen molar-refractivity contribution in [2.24, 2.45) is 4.99 Å². The molecule has 36 heavy (non-hydrogen) atoms. The van der Waals surface area contributed by atoms with Crippen LogP contribution in [-0.2, 0) is 6.54 Å². The van der Waals surface area contributed by atoms with Crippen molar-refractivity contribution in [2.75, 3.05) is 27.2 Å². The summed E-state index contributed by atoms with van der Waals surface area (Å²) in [5, 5.41) is 11.7. The molecule has 184 valence electrons. The predicted molar refractivity (Wildman–Crippen MR) is 145 cm³/mol. The molecule has 1 aliphatic heterocycles. The number of piperidine rings is 1. The van der Waals surface area contributed by atoms with E-state index in [1.165, 1.54) is 24.8 Å². The molecule has 1 aromatic heterocycles. The Balaban J connectivity index is 1.56. The number of aromatic amines is 1. The number of benzene rings is 3. The molecule has 0 aliphatic carbocycles. The molecule has 1 aliphatic rings. The van der Waals surface area contributed by atoms with Gasteiger partial charge in [0.05, 0.1) is 17.0 Å². The number of fused-ring (bicyclic) bond motifs is 1. The number of H-pyrrole nitrogens is 1. The zero-order valence-corrected chi connectivity index (χ0v) is 20.9. The molecule has 5 rings (SSSR count). The fourth-order valence-electron chi connectivity index (χ4n) is 4.85. The van der Waals surface area contributed by atoms with Crippen LogP contribution in [0.3, 0.4) is 0 Å². The fourth-order valence-corrected chi connectivity index (χ4v) is 4.85. The van der Waals surface area contributed by atoms with Gasteiger partial charge in [-0.15, -0.1) is 0 Å². The molecule has 0 spiro atoms. The summed E-state index contributed by atoms with van der Waals surface area (Å²) < 4.78 is 0. The summed E-state index contributed by atoms with van der Waals surface area (Å²) in [6, 6.07) is 23.6. The van der Waals surface area contributed by atoms with Gasteiger partial charge in [0.1, 0.15) is 0 Å². The van der Waals surface area contributed by atoms with Crippen LogP contribution in [0.5, 0.6) is 5.88 Å². The van der Waals surface area contributed by atoms with E-state index in [0.29, 0.717) is 16.8 Å². The second kappa shape index (κ2) is 10.4. The van der Waals surface area contributed by atoms with E-state index in [9.17, 15) is 9.90 Å². The Hall–Kier alpha value is -3.90. The van der Waals surface area contributed by atoms with Crippen molar-refractivity contribution in [3.8, 4) is 5.88 Å². The Kier molecular flexibility index (Phi) is 6.87. The van der Waals surface area contributed by atoms with Gasteiger partial charge in [-0.2, -0.15) is 0 Å². The van der Waals surface area contributed by atoms with Crippen molar-refractivity contribution < 1.29 is 9.90 Å². The second-order valence-corrected chi connectivity index (χ2v) is 9.64. The normalized spacial score (nSPS) is 14.8. The summed E-state index contributed by atoms with van der Waals surface area (Å²) >= 11 is 0. The first-order valence-corrected chi connectivity index (χ1v) is 12.5. The van der Waals surface area contributed by atoms with Crippen molar-refractivity contribution in [1.82, 2.24) is 14.8 Å². The lowest BCUT2D eigenvalue weighted by Crippen LogP contribution is -2.28. The molecule has 2 heterocycles. The van der Waals surface area contributed by atoms with Crippen LogP contribution >= 0.6 is 0 Å². The highest BCUT2D eigenvalue weighted by Gasteiger charge is 2.20. The third-order valence-corrected chi connectivity index (χ3v) is 6.75. The van der Waals surface area contributed by atoms with Crippen LogP contribution in [0.2, 0.25) is 0 Å². The lowest BCUT2D eigenvalue weighted by Gasteiger charge is -2.26. The number of nitrogens with one attached hydrogen (secondary N) is 1. The number of aromatic hydroxyl groups is 1. The lowest BCUT2D eigenvalue weighted by molar-refractivity contribution is 0.0828. The van der Waals surface area contributed by atoms with Crippen LogP contribution in [0.1, 0.15) is 46.3 Å². The van der Waals surface area contributed by atoms with Gasteiger partial charge < -0.3 is 15.0 Å². The van der Waals surface area contributed by atoms with Crippen molar-refractivity contribution in [3.05, 3.63) is 95.1 Å². The zero-order valence-electron chi connectivity index (χ0n) is 20.9. The number of likely N-dealkylation sites (tertiary alicyclic amines) is 1. The van der Waals surface area contributed by atoms with Gasteiger partial charge in [-0.1, -0.05) is 48.9 Å². The SMILES string of the molecule is CN(C)C(=O)c1ccc2[nH]c(O)c(C(=Nc3ccc(CN4CCCCC4)cc3)c3ccccc3)c2c1. The van der Waals surface area contributed by atoms with Gasteiger partial charge in [0.25, 0.3) is 5.91 Å². The van der Waals surface area contributed by atoms with Crippen molar-refractivity contribution in [1.29, 1.82) is 0 Å². The highest BCUT2D eigenvalue weighted by molar-refractivity contribution is 6.22. The minimum absolute atomic E-state index is 0.0313. The van der Waals surface area contributed by atoms with Gasteiger partial charge in [-0.05, 0) is 61.8 Å². The molecule has 4 aromatic rings. The number of aromatic nitrogens is 1. The molecule has 0 radical (unpaired) electrons. The van der Waals surface area contributed by atoms with Crippen LogP contribution < -0.4 is 0 Å². The van der Waals surface area contributed by atoms with Crippen LogP contribution in [0, 0.1) is 0 Å². The van der Waals surface area contributed by atoms with Crippen molar-refractivity contribution >= 4 is 28.2 Å². The Morgan fingerprint density at radius 1 is 0.944 bits per heavy atom. The molecule has 2 N–H and O–H groups in total. The number of hydrogen-bond acceptors (Lipinski definition) is 4. The molecule has 3 aromatic carbocycles. The van der Waals surface area contributed by atoms with Gasteiger partial charge in [0.15, 0.2) is 5.88 Å². The first-order chi connectivity index (χ1) is 17.5. The Labute approximate surface area is 211 Å². The van der Waals surface area contributed by atoms with E-state index in [0.717, 1.165) is 41.8 Å². The Morgan fingerprint density at radius 2 is 1.67 bits per heavy atom. The average Bonchev–Trinajstić information content (AvgIpc) is 3.23. The van der Waals surface area contributed by atoms with Gasteiger partial charge in [-0.25, -0.2) is 4.99 Å².